The maximum atomic E-state index is 0. The monoisotopic (exact) mass is 754 g/mol. The van der Waals surface area contributed by atoms with Gasteiger partial charge in [0.2, 0.25) is 0 Å². The molecule has 0 fully saturated rings. The van der Waals surface area contributed by atoms with E-state index >= 15 is 0 Å². The van der Waals surface area contributed by atoms with Gasteiger partial charge in [0, 0.05) is 0 Å². The van der Waals surface area contributed by atoms with E-state index in [1.165, 1.54) is 0 Å². The second-order valence-corrected chi connectivity index (χ2v) is 0. The zero-order valence-electron chi connectivity index (χ0n) is 8.28. The summed E-state index contributed by atoms with van der Waals surface area (Å²) in [4.78, 5) is 0. The smallest absolute Gasteiger partial charge is 1.00 e. The molecule has 0 aromatic heterocycles. The van der Waals surface area contributed by atoms with Crippen molar-refractivity contribution in [2.24, 2.45) is 0 Å². The first-order chi connectivity index (χ1) is 0. The van der Waals surface area contributed by atoms with E-state index in [0.717, 1.165) is 0 Å². The zero-order chi connectivity index (χ0) is 0. The molecule has 0 unspecified atom stereocenters. The topological polar surface area (TPSA) is 0 Å². The Morgan fingerprint density at radius 1 is 0.333 bits per heavy atom. The van der Waals surface area contributed by atoms with Crippen molar-refractivity contribution < 1.29 is 152 Å². The van der Waals surface area contributed by atoms with Crippen LogP contribution in [0.15, 0.2) is 0 Å². The molecule has 104 valence electrons. The van der Waals surface area contributed by atoms with E-state index in [9.17, 15) is 0 Å². The maximum Gasteiger partial charge on any atom is 4.00 e. The van der Waals surface area contributed by atoms with Crippen molar-refractivity contribution in [3.8, 4) is 0 Å². The van der Waals surface area contributed by atoms with Gasteiger partial charge in [-0.05, 0) is 0 Å². The summed E-state index contributed by atoms with van der Waals surface area (Å²) in [5.74, 6) is 0. The van der Waals surface area contributed by atoms with Gasteiger partial charge < -0.3 is 61.2 Å². The minimum absolute atomic E-state index is 0. The Labute approximate surface area is 214 Å². The van der Waals surface area contributed by atoms with Crippen LogP contribution in [0, 0.1) is 35.6 Å². The van der Waals surface area contributed by atoms with Crippen LogP contribution in [0.3, 0.4) is 0 Å². The molecule has 0 radical (unpaired) electrons. The van der Waals surface area contributed by atoms with Gasteiger partial charge in [-0.2, -0.15) is 0 Å². The van der Waals surface area contributed by atoms with Gasteiger partial charge in [-0.1, -0.05) is 0 Å². The van der Waals surface area contributed by atoms with Gasteiger partial charge in [-0.15, -0.1) is 0 Å². The number of halogens is 13. The number of hydrogen-bond donors (Lipinski definition) is 0. The largest absolute Gasteiger partial charge is 4.00 e. The normalized spacial score (nSPS) is 0. The van der Waals surface area contributed by atoms with E-state index in [-0.39, 0.29) is 218 Å². The van der Waals surface area contributed by atoms with Crippen LogP contribution in [-0.4, -0.2) is 66.2 Å². The molecule has 0 nitrogen and oxygen atoms in total. The number of rotatable bonds is 0. The van der Waals surface area contributed by atoms with Crippen LogP contribution < -0.4 is 90.7 Å². The van der Waals surface area contributed by atoms with Crippen molar-refractivity contribution in [3.63, 3.8) is 0 Å². The molecule has 0 N–H and O–H groups in total. The summed E-state index contributed by atoms with van der Waals surface area (Å²) in [7, 11) is 0. The summed E-state index contributed by atoms with van der Waals surface area (Å²) in [5.41, 5.74) is 0. The summed E-state index contributed by atoms with van der Waals surface area (Å²) in [6.07, 6.45) is 0. The fraction of sp³-hybridized carbons (Fsp3) is 0. The third-order valence-corrected chi connectivity index (χ3v) is 0. The molecule has 18 heteroatoms. The van der Waals surface area contributed by atoms with E-state index in [0.29, 0.717) is 0 Å². The van der Waals surface area contributed by atoms with Gasteiger partial charge >= 0.3 is 157 Å². The Morgan fingerprint density at radius 2 is 0.333 bits per heavy atom. The molecule has 0 aliphatic carbocycles. The third-order valence-electron chi connectivity index (χ3n) is 0. The SMILES string of the molecule is [Al+3].[Ba+2].[F-].[F-].[F-].[F-].[F-].[F-].[F-].[F-].[F-].[F-].[F-].[F-].[F-].[Hf+4].[La+3].[Na+]. The van der Waals surface area contributed by atoms with Crippen LogP contribution in [0.4, 0.5) is 0 Å². The second-order valence-electron chi connectivity index (χ2n) is 0. The minimum atomic E-state index is 0. The van der Waals surface area contributed by atoms with Crippen LogP contribution >= 0.6 is 0 Å². The van der Waals surface area contributed by atoms with E-state index in [4.69, 9.17) is 0 Å². The van der Waals surface area contributed by atoms with E-state index in [1.54, 1.807) is 0 Å². The summed E-state index contributed by atoms with van der Waals surface area (Å²) in [6.45, 7) is 0. The standard InChI is InChI=1S/Al.Ba.13FH.Hf.La.Na/h;;13*1H;;;/q+3;+2;;;;;;;;;;;;;;+4;+3;+1/p-13. The average molecular weight is 752 g/mol. The first-order valence-electron chi connectivity index (χ1n) is 0. The minimum Gasteiger partial charge on any atom is -1.00 e. The molecular formula is AlBaF13HfLaNa. The van der Waals surface area contributed by atoms with Crippen LogP contribution in [0.5, 0.6) is 0 Å². The summed E-state index contributed by atoms with van der Waals surface area (Å²) in [5, 5.41) is 0. The Hall–Kier alpha value is 4.26. The van der Waals surface area contributed by atoms with Gasteiger partial charge in [-0.3, -0.25) is 0 Å². The van der Waals surface area contributed by atoms with E-state index in [1.807, 2.05) is 0 Å². The summed E-state index contributed by atoms with van der Waals surface area (Å²) in [6, 6.07) is 0. The Balaban J connectivity index is 0. The van der Waals surface area contributed by atoms with Crippen LogP contribution in [-0.2, 0) is 25.8 Å². The van der Waals surface area contributed by atoms with Crippen molar-refractivity contribution in [3.05, 3.63) is 0 Å². The van der Waals surface area contributed by atoms with Gasteiger partial charge in [0.25, 0.3) is 0 Å². The van der Waals surface area contributed by atoms with Crippen molar-refractivity contribution in [2.45, 2.75) is 0 Å². The second kappa shape index (κ2) is 481. The molecule has 0 amide bonds. The van der Waals surface area contributed by atoms with Crippen molar-refractivity contribution >= 4 is 66.2 Å². The van der Waals surface area contributed by atoms with E-state index < -0.39 is 0 Å². The van der Waals surface area contributed by atoms with Crippen molar-refractivity contribution in [1.29, 1.82) is 0 Å². The molecule has 0 spiro atoms. The quantitative estimate of drug-likeness (QED) is 0.171. The Kier molecular flexibility index (Phi) is 14800. The zero-order valence-corrected chi connectivity index (χ0v) is 23.1. The summed E-state index contributed by atoms with van der Waals surface area (Å²) < 4.78 is 0. The molecule has 0 rings (SSSR count). The fourth-order valence-corrected chi connectivity index (χ4v) is 0. The van der Waals surface area contributed by atoms with E-state index in [2.05, 4.69) is 0 Å². The average Bonchev–Trinajstić information content (AvgIpc) is 0. The summed E-state index contributed by atoms with van der Waals surface area (Å²) >= 11 is 0. The van der Waals surface area contributed by atoms with Gasteiger partial charge in [0.1, 0.15) is 0 Å². The first kappa shape index (κ1) is 555. The molecule has 0 aromatic carbocycles. The third kappa shape index (κ3) is 414. The van der Waals surface area contributed by atoms with Gasteiger partial charge in [0.05, 0.1) is 0 Å². The van der Waals surface area contributed by atoms with Gasteiger partial charge in [0.15, 0.2) is 0 Å². The van der Waals surface area contributed by atoms with Crippen molar-refractivity contribution in [2.75, 3.05) is 0 Å². The molecule has 0 bridgehead atoms. The molecular weight excluding hydrogens is 752 g/mol. The maximum absolute atomic E-state index is 0. The fourth-order valence-electron chi connectivity index (χ4n) is 0. The molecule has 0 saturated heterocycles. The predicted octanol–water partition coefficient (Wildman–Crippen LogP) is -42.7. The molecule has 18 heavy (non-hydrogen) atoms. The molecule has 0 atom stereocenters. The van der Waals surface area contributed by atoms with Crippen LogP contribution in [0.25, 0.3) is 0 Å². The molecule has 0 saturated carbocycles. The van der Waals surface area contributed by atoms with Crippen LogP contribution in [0.2, 0.25) is 0 Å². The van der Waals surface area contributed by atoms with Crippen LogP contribution in [0.1, 0.15) is 0 Å². The molecule has 0 heterocycles. The predicted molar refractivity (Wildman–Crippen MR) is 11.5 cm³/mol. The van der Waals surface area contributed by atoms with Gasteiger partial charge in [-0.25, -0.2) is 0 Å². The molecule has 0 aliphatic rings. The molecule has 0 aromatic rings. The van der Waals surface area contributed by atoms with Crippen molar-refractivity contribution in [1.82, 2.24) is 0 Å². The Bertz CT molecular complexity index is 27.0. The Morgan fingerprint density at radius 3 is 0.333 bits per heavy atom. The number of hydrogen-bond acceptors (Lipinski definition) is 0. The first-order valence-corrected chi connectivity index (χ1v) is 0. The molecule has 0 aliphatic heterocycles.